The number of amides is 1. The number of anilines is 1. The zero-order valence-corrected chi connectivity index (χ0v) is 18.8. The van der Waals surface area contributed by atoms with Crippen molar-refractivity contribution < 1.29 is 9.18 Å². The molecule has 0 atom stereocenters. The molecule has 1 amide bonds. The van der Waals surface area contributed by atoms with Gasteiger partial charge >= 0.3 is 0 Å². The molecule has 0 aliphatic rings. The number of pyridine rings is 1. The summed E-state index contributed by atoms with van der Waals surface area (Å²) in [5.74, 6) is 0.602. The summed E-state index contributed by atoms with van der Waals surface area (Å²) < 4.78 is 14.1. The van der Waals surface area contributed by atoms with Gasteiger partial charge in [0.1, 0.15) is 5.82 Å². The predicted molar refractivity (Wildman–Crippen MR) is 126 cm³/mol. The van der Waals surface area contributed by atoms with Gasteiger partial charge in [0, 0.05) is 23.7 Å². The molecule has 0 unspecified atom stereocenters. The zero-order chi connectivity index (χ0) is 21.6. The van der Waals surface area contributed by atoms with Crippen LogP contribution in [0.1, 0.15) is 24.0 Å². The zero-order valence-electron chi connectivity index (χ0n) is 17.1. The second-order valence-corrected chi connectivity index (χ2v) is 9.34. The highest BCUT2D eigenvalue weighted by molar-refractivity contribution is 7.99. The topological polar surface area (TPSA) is 46.1 Å². The number of thiazole rings is 1. The van der Waals surface area contributed by atoms with Crippen LogP contribution < -0.4 is 4.90 Å². The fraction of sp³-hybridized carbons (Fsp3) is 0.208. The van der Waals surface area contributed by atoms with E-state index in [0.29, 0.717) is 13.0 Å². The van der Waals surface area contributed by atoms with Gasteiger partial charge < -0.3 is 0 Å². The molecule has 0 saturated heterocycles. The molecule has 4 rings (SSSR count). The molecule has 0 bridgehead atoms. The highest BCUT2D eigenvalue weighted by atomic mass is 32.2. The molecule has 7 heteroatoms. The number of benzene rings is 2. The first-order valence-electron chi connectivity index (χ1n) is 10.0. The van der Waals surface area contributed by atoms with Gasteiger partial charge in [0.2, 0.25) is 5.91 Å². The van der Waals surface area contributed by atoms with Gasteiger partial charge in [-0.15, -0.1) is 11.8 Å². The highest BCUT2D eigenvalue weighted by Crippen LogP contribution is 2.32. The standard InChI is InChI=1S/C24H22FN3OS2/c1-17-4-2-5-21-23(17)27-24(31-21)28(16-18-11-13-26-14-12-18)22(29)6-3-15-30-20-9-7-19(25)8-10-20/h2,4-5,7-14H,3,6,15-16H2,1H3. The van der Waals surface area contributed by atoms with Crippen LogP contribution in [0.2, 0.25) is 0 Å². The quantitative estimate of drug-likeness (QED) is 0.235. The molecule has 158 valence electrons. The van der Waals surface area contributed by atoms with Crippen LogP contribution in [0.3, 0.4) is 0 Å². The molecule has 0 spiro atoms. The second kappa shape index (κ2) is 10.0. The maximum atomic E-state index is 13.2. The third-order valence-corrected chi connectivity index (χ3v) is 6.99. The van der Waals surface area contributed by atoms with Crippen LogP contribution in [0, 0.1) is 12.7 Å². The second-order valence-electron chi connectivity index (χ2n) is 7.16. The van der Waals surface area contributed by atoms with E-state index in [1.807, 2.05) is 37.3 Å². The van der Waals surface area contributed by atoms with E-state index >= 15 is 0 Å². The van der Waals surface area contributed by atoms with Gasteiger partial charge in [-0.1, -0.05) is 23.5 Å². The molecule has 2 aromatic carbocycles. The maximum absolute atomic E-state index is 13.2. The molecular formula is C24H22FN3OS2. The summed E-state index contributed by atoms with van der Waals surface area (Å²) in [6.45, 7) is 2.50. The lowest BCUT2D eigenvalue weighted by Gasteiger charge is -2.20. The van der Waals surface area contributed by atoms with Crippen molar-refractivity contribution in [1.82, 2.24) is 9.97 Å². The van der Waals surface area contributed by atoms with E-state index in [2.05, 4.69) is 4.98 Å². The third kappa shape index (κ3) is 5.48. The Morgan fingerprint density at radius 3 is 2.61 bits per heavy atom. The van der Waals surface area contributed by atoms with Crippen LogP contribution in [0.4, 0.5) is 9.52 Å². The van der Waals surface area contributed by atoms with Crippen LogP contribution in [0.15, 0.2) is 71.9 Å². The van der Waals surface area contributed by atoms with Crippen molar-refractivity contribution in [3.63, 3.8) is 0 Å². The summed E-state index contributed by atoms with van der Waals surface area (Å²) in [6, 6.07) is 16.4. The number of thioether (sulfide) groups is 1. The van der Waals surface area contributed by atoms with Gasteiger partial charge in [0.15, 0.2) is 5.13 Å². The molecule has 0 aliphatic carbocycles. The summed E-state index contributed by atoms with van der Waals surface area (Å²) in [4.78, 5) is 24.8. The monoisotopic (exact) mass is 451 g/mol. The Labute approximate surface area is 189 Å². The summed E-state index contributed by atoms with van der Waals surface area (Å²) in [6.07, 6.45) is 4.63. The number of rotatable bonds is 8. The van der Waals surface area contributed by atoms with Crippen molar-refractivity contribution in [3.8, 4) is 0 Å². The molecule has 2 aromatic heterocycles. The molecule has 4 nitrogen and oxygen atoms in total. The Morgan fingerprint density at radius 2 is 1.87 bits per heavy atom. The van der Waals surface area contributed by atoms with Crippen molar-refractivity contribution in [1.29, 1.82) is 0 Å². The predicted octanol–water partition coefficient (Wildman–Crippen LogP) is 6.24. The molecule has 31 heavy (non-hydrogen) atoms. The van der Waals surface area contributed by atoms with Crippen molar-refractivity contribution in [2.75, 3.05) is 10.7 Å². The van der Waals surface area contributed by atoms with Crippen LogP contribution in [-0.4, -0.2) is 21.6 Å². The first kappa shape index (κ1) is 21.5. The Hall–Kier alpha value is -2.77. The number of aromatic nitrogens is 2. The van der Waals surface area contributed by atoms with Gasteiger partial charge in [-0.05, 0) is 72.7 Å². The van der Waals surface area contributed by atoms with E-state index in [9.17, 15) is 9.18 Å². The summed E-state index contributed by atoms with van der Waals surface area (Å²) in [7, 11) is 0. The smallest absolute Gasteiger partial charge is 0.229 e. The first-order valence-corrected chi connectivity index (χ1v) is 11.8. The van der Waals surface area contributed by atoms with Crippen molar-refractivity contribution in [2.45, 2.75) is 31.2 Å². The van der Waals surface area contributed by atoms with E-state index < -0.39 is 0 Å². The molecule has 2 heterocycles. The average Bonchev–Trinajstić information content (AvgIpc) is 3.22. The summed E-state index contributed by atoms with van der Waals surface area (Å²) in [5, 5.41) is 0.720. The number of hydrogen-bond donors (Lipinski definition) is 0. The molecule has 0 N–H and O–H groups in total. The largest absolute Gasteiger partial charge is 0.284 e. The molecule has 0 aliphatic heterocycles. The van der Waals surface area contributed by atoms with E-state index in [-0.39, 0.29) is 11.7 Å². The first-order chi connectivity index (χ1) is 15.1. The van der Waals surface area contributed by atoms with Gasteiger partial charge in [-0.2, -0.15) is 0 Å². The Kier molecular flexibility index (Phi) is 6.94. The minimum absolute atomic E-state index is 0.0493. The number of carbonyl (C=O) groups excluding carboxylic acids is 1. The molecule has 0 fully saturated rings. The lowest BCUT2D eigenvalue weighted by atomic mass is 10.2. The van der Waals surface area contributed by atoms with Crippen LogP contribution in [0.25, 0.3) is 10.2 Å². The van der Waals surface area contributed by atoms with E-state index in [0.717, 1.165) is 43.5 Å². The third-order valence-electron chi connectivity index (χ3n) is 4.85. The number of nitrogens with zero attached hydrogens (tertiary/aromatic N) is 3. The molecule has 0 saturated carbocycles. The van der Waals surface area contributed by atoms with Crippen molar-refractivity contribution in [3.05, 3.63) is 83.9 Å². The maximum Gasteiger partial charge on any atom is 0.229 e. The number of carbonyl (C=O) groups is 1. The van der Waals surface area contributed by atoms with E-state index in [4.69, 9.17) is 4.98 Å². The van der Waals surface area contributed by atoms with Gasteiger partial charge in [-0.25, -0.2) is 9.37 Å². The molecular weight excluding hydrogens is 429 g/mol. The van der Waals surface area contributed by atoms with Crippen LogP contribution >= 0.6 is 23.1 Å². The number of para-hydroxylation sites is 1. The van der Waals surface area contributed by atoms with Crippen LogP contribution in [-0.2, 0) is 11.3 Å². The SMILES string of the molecule is Cc1cccc2sc(N(Cc3ccncc3)C(=O)CCCSc3ccc(F)cc3)nc12. The Morgan fingerprint density at radius 1 is 1.10 bits per heavy atom. The number of aryl methyl sites for hydroxylation is 1. The number of halogens is 1. The van der Waals surface area contributed by atoms with Crippen molar-refractivity contribution >= 4 is 44.4 Å². The average molecular weight is 452 g/mol. The van der Waals surface area contributed by atoms with Gasteiger partial charge in [-0.3, -0.25) is 14.7 Å². The van der Waals surface area contributed by atoms with Gasteiger partial charge in [0.05, 0.1) is 16.8 Å². The number of hydrogen-bond acceptors (Lipinski definition) is 5. The lowest BCUT2D eigenvalue weighted by molar-refractivity contribution is -0.118. The van der Waals surface area contributed by atoms with Gasteiger partial charge in [0.25, 0.3) is 0 Å². The molecule has 0 radical (unpaired) electrons. The van der Waals surface area contributed by atoms with E-state index in [1.54, 1.807) is 52.5 Å². The fourth-order valence-corrected chi connectivity index (χ4v) is 5.12. The normalized spacial score (nSPS) is 11.0. The lowest BCUT2D eigenvalue weighted by Crippen LogP contribution is -2.30. The Balaban J connectivity index is 1.47. The van der Waals surface area contributed by atoms with E-state index in [1.165, 1.54) is 12.1 Å². The van der Waals surface area contributed by atoms with Crippen LogP contribution in [0.5, 0.6) is 0 Å². The molecule has 4 aromatic rings. The minimum atomic E-state index is -0.239. The van der Waals surface area contributed by atoms with Crippen molar-refractivity contribution in [2.24, 2.45) is 0 Å². The minimum Gasteiger partial charge on any atom is -0.284 e. The summed E-state index contributed by atoms with van der Waals surface area (Å²) in [5.41, 5.74) is 3.06. The fourth-order valence-electron chi connectivity index (χ4n) is 3.20. The highest BCUT2D eigenvalue weighted by Gasteiger charge is 2.20. The number of fused-ring (bicyclic) bond motifs is 1. The summed E-state index contributed by atoms with van der Waals surface area (Å²) >= 11 is 3.17. The Bertz CT molecular complexity index is 1160.